The van der Waals surface area contributed by atoms with Crippen molar-refractivity contribution in [3.05, 3.63) is 18.0 Å². The first-order valence-electron chi connectivity index (χ1n) is 4.89. The molecule has 1 aromatic rings. The molecule has 1 rings (SSSR count). The van der Waals surface area contributed by atoms with Crippen LogP contribution in [-0.2, 0) is 0 Å². The molecule has 0 saturated heterocycles. The molecule has 14 heavy (non-hydrogen) atoms. The molecule has 0 aliphatic heterocycles. The molecule has 0 amide bonds. The molecule has 4 heteroatoms. The topological polar surface area (TPSA) is 63.8 Å². The van der Waals surface area contributed by atoms with Gasteiger partial charge < -0.3 is 11.1 Å². The average Bonchev–Trinajstić information content (AvgIpc) is 2.14. The first kappa shape index (κ1) is 10.9. The van der Waals surface area contributed by atoms with Crippen molar-refractivity contribution in [2.75, 3.05) is 11.9 Å². The summed E-state index contributed by atoms with van der Waals surface area (Å²) in [5, 5.41) is 3.22. The Morgan fingerprint density at radius 3 is 2.71 bits per heavy atom. The van der Waals surface area contributed by atoms with Gasteiger partial charge in [0.1, 0.15) is 0 Å². The molecular weight excluding hydrogens is 176 g/mol. The van der Waals surface area contributed by atoms with Gasteiger partial charge >= 0.3 is 0 Å². The SMILES string of the molecule is Cc1ccnc(NC(CN)C(C)C)n1. The van der Waals surface area contributed by atoms with Crippen molar-refractivity contribution in [1.82, 2.24) is 9.97 Å². The monoisotopic (exact) mass is 194 g/mol. The zero-order chi connectivity index (χ0) is 10.6. The molecule has 3 N–H and O–H groups in total. The van der Waals surface area contributed by atoms with Gasteiger partial charge in [-0.05, 0) is 18.9 Å². The van der Waals surface area contributed by atoms with Crippen LogP contribution in [0, 0.1) is 12.8 Å². The second-order valence-corrected chi connectivity index (χ2v) is 3.75. The fraction of sp³-hybridized carbons (Fsp3) is 0.600. The fourth-order valence-corrected chi connectivity index (χ4v) is 1.18. The number of aromatic nitrogens is 2. The molecule has 0 fully saturated rings. The van der Waals surface area contributed by atoms with E-state index in [-0.39, 0.29) is 6.04 Å². The molecule has 0 radical (unpaired) electrons. The van der Waals surface area contributed by atoms with E-state index in [1.54, 1.807) is 6.20 Å². The fourth-order valence-electron chi connectivity index (χ4n) is 1.18. The van der Waals surface area contributed by atoms with E-state index in [1.807, 2.05) is 13.0 Å². The third-order valence-electron chi connectivity index (χ3n) is 2.17. The molecule has 0 aliphatic rings. The summed E-state index contributed by atoms with van der Waals surface area (Å²) in [6, 6.07) is 2.11. The summed E-state index contributed by atoms with van der Waals surface area (Å²) in [7, 11) is 0. The van der Waals surface area contributed by atoms with Crippen molar-refractivity contribution in [3.8, 4) is 0 Å². The van der Waals surface area contributed by atoms with Gasteiger partial charge in [0.25, 0.3) is 0 Å². The van der Waals surface area contributed by atoms with Gasteiger partial charge in [0.15, 0.2) is 0 Å². The Hall–Kier alpha value is -1.16. The van der Waals surface area contributed by atoms with E-state index in [0.717, 1.165) is 5.69 Å². The van der Waals surface area contributed by atoms with Crippen LogP contribution in [0.5, 0.6) is 0 Å². The Morgan fingerprint density at radius 2 is 2.21 bits per heavy atom. The van der Waals surface area contributed by atoms with E-state index in [4.69, 9.17) is 5.73 Å². The van der Waals surface area contributed by atoms with E-state index in [0.29, 0.717) is 18.4 Å². The lowest BCUT2D eigenvalue weighted by molar-refractivity contribution is 0.528. The van der Waals surface area contributed by atoms with Crippen LogP contribution in [0.2, 0.25) is 0 Å². The molecule has 0 aliphatic carbocycles. The van der Waals surface area contributed by atoms with Gasteiger partial charge in [0, 0.05) is 24.5 Å². The van der Waals surface area contributed by atoms with Crippen molar-refractivity contribution in [3.63, 3.8) is 0 Å². The molecule has 0 aromatic carbocycles. The Kier molecular flexibility index (Phi) is 3.83. The molecule has 0 spiro atoms. The van der Waals surface area contributed by atoms with Crippen molar-refractivity contribution in [2.45, 2.75) is 26.8 Å². The van der Waals surface area contributed by atoms with Gasteiger partial charge in [0.2, 0.25) is 5.95 Å². The highest BCUT2D eigenvalue weighted by molar-refractivity contribution is 5.26. The number of nitrogens with one attached hydrogen (secondary N) is 1. The van der Waals surface area contributed by atoms with E-state index in [2.05, 4.69) is 29.1 Å². The quantitative estimate of drug-likeness (QED) is 0.755. The minimum absolute atomic E-state index is 0.233. The predicted molar refractivity (Wildman–Crippen MR) is 58.1 cm³/mol. The van der Waals surface area contributed by atoms with E-state index in [9.17, 15) is 0 Å². The van der Waals surface area contributed by atoms with Crippen LogP contribution in [0.3, 0.4) is 0 Å². The number of rotatable bonds is 4. The molecule has 1 atom stereocenters. The normalized spacial score (nSPS) is 12.9. The summed E-state index contributed by atoms with van der Waals surface area (Å²) < 4.78 is 0. The molecule has 1 heterocycles. The first-order valence-corrected chi connectivity index (χ1v) is 4.89. The van der Waals surface area contributed by atoms with Gasteiger partial charge in [0.05, 0.1) is 0 Å². The van der Waals surface area contributed by atoms with Crippen LogP contribution in [-0.4, -0.2) is 22.6 Å². The highest BCUT2D eigenvalue weighted by atomic mass is 15.1. The number of hydrogen-bond donors (Lipinski definition) is 2. The molecule has 4 nitrogen and oxygen atoms in total. The number of hydrogen-bond acceptors (Lipinski definition) is 4. The highest BCUT2D eigenvalue weighted by Gasteiger charge is 2.11. The molecule has 1 aromatic heterocycles. The smallest absolute Gasteiger partial charge is 0.223 e. The first-order chi connectivity index (χ1) is 6.63. The summed E-state index contributed by atoms with van der Waals surface area (Å²) >= 11 is 0. The second-order valence-electron chi connectivity index (χ2n) is 3.75. The van der Waals surface area contributed by atoms with Crippen LogP contribution in [0.1, 0.15) is 19.5 Å². The predicted octanol–water partition coefficient (Wildman–Crippen LogP) is 1.18. The largest absolute Gasteiger partial charge is 0.350 e. The summed E-state index contributed by atoms with van der Waals surface area (Å²) in [4.78, 5) is 8.40. The van der Waals surface area contributed by atoms with E-state index >= 15 is 0 Å². The lowest BCUT2D eigenvalue weighted by Crippen LogP contribution is -2.34. The summed E-state index contributed by atoms with van der Waals surface area (Å²) in [5.74, 6) is 1.14. The highest BCUT2D eigenvalue weighted by Crippen LogP contribution is 2.07. The van der Waals surface area contributed by atoms with Crippen molar-refractivity contribution in [2.24, 2.45) is 11.7 Å². The molecule has 0 saturated carbocycles. The van der Waals surface area contributed by atoms with Gasteiger partial charge in [-0.3, -0.25) is 0 Å². The molecule has 1 unspecified atom stereocenters. The second kappa shape index (κ2) is 4.91. The van der Waals surface area contributed by atoms with Crippen LogP contribution in [0.15, 0.2) is 12.3 Å². The van der Waals surface area contributed by atoms with Crippen LogP contribution in [0.4, 0.5) is 5.95 Å². The Balaban J connectivity index is 2.67. The lowest BCUT2D eigenvalue weighted by Gasteiger charge is -2.20. The number of nitrogens with zero attached hydrogens (tertiary/aromatic N) is 2. The molecule has 0 bridgehead atoms. The van der Waals surface area contributed by atoms with Crippen molar-refractivity contribution in [1.29, 1.82) is 0 Å². The maximum Gasteiger partial charge on any atom is 0.223 e. The zero-order valence-corrected chi connectivity index (χ0v) is 8.99. The summed E-state index contributed by atoms with van der Waals surface area (Å²) in [6.45, 7) is 6.79. The standard InChI is InChI=1S/C10H18N4/c1-7(2)9(6-11)14-10-12-5-4-8(3)13-10/h4-5,7,9H,6,11H2,1-3H3,(H,12,13,14). The molecular formula is C10H18N4. The third-order valence-corrected chi connectivity index (χ3v) is 2.17. The van der Waals surface area contributed by atoms with E-state index in [1.165, 1.54) is 0 Å². The summed E-state index contributed by atoms with van der Waals surface area (Å²) in [6.07, 6.45) is 1.75. The Labute approximate surface area is 85.0 Å². The van der Waals surface area contributed by atoms with Crippen LogP contribution in [0.25, 0.3) is 0 Å². The maximum atomic E-state index is 5.64. The molecule has 78 valence electrons. The van der Waals surface area contributed by atoms with Gasteiger partial charge in [-0.1, -0.05) is 13.8 Å². The lowest BCUT2D eigenvalue weighted by atomic mass is 10.1. The minimum Gasteiger partial charge on any atom is -0.350 e. The minimum atomic E-state index is 0.233. The van der Waals surface area contributed by atoms with Crippen molar-refractivity contribution < 1.29 is 0 Å². The maximum absolute atomic E-state index is 5.64. The van der Waals surface area contributed by atoms with Crippen LogP contribution >= 0.6 is 0 Å². The number of nitrogens with two attached hydrogens (primary N) is 1. The van der Waals surface area contributed by atoms with Gasteiger partial charge in [-0.15, -0.1) is 0 Å². The average molecular weight is 194 g/mol. The van der Waals surface area contributed by atoms with Gasteiger partial charge in [-0.25, -0.2) is 9.97 Å². The Morgan fingerprint density at radius 1 is 1.50 bits per heavy atom. The van der Waals surface area contributed by atoms with Crippen LogP contribution < -0.4 is 11.1 Å². The number of aryl methyl sites for hydroxylation is 1. The number of anilines is 1. The summed E-state index contributed by atoms with van der Waals surface area (Å²) in [5.41, 5.74) is 6.60. The third kappa shape index (κ3) is 2.96. The van der Waals surface area contributed by atoms with Gasteiger partial charge in [-0.2, -0.15) is 0 Å². The van der Waals surface area contributed by atoms with Crippen molar-refractivity contribution >= 4 is 5.95 Å². The van der Waals surface area contributed by atoms with E-state index < -0.39 is 0 Å². The zero-order valence-electron chi connectivity index (χ0n) is 8.99. The Bertz CT molecular complexity index is 285.